The molecule has 2 rings (SSSR count). The average molecular weight is 289 g/mol. The van der Waals surface area contributed by atoms with Crippen LogP contribution in [0, 0.1) is 0 Å². The number of nitrogens with zero attached hydrogens (tertiary/aromatic N) is 1. The molecule has 0 atom stereocenters. The van der Waals surface area contributed by atoms with Gasteiger partial charge in [0, 0.05) is 30.7 Å². The first-order valence-corrected chi connectivity index (χ1v) is 7.78. The average Bonchev–Trinajstić information content (AvgIpc) is 2.66. The van der Waals surface area contributed by atoms with Gasteiger partial charge in [0.15, 0.2) is 0 Å². The highest BCUT2D eigenvalue weighted by Gasteiger charge is 2.16. The van der Waals surface area contributed by atoms with Gasteiger partial charge in [0.2, 0.25) is 0 Å². The van der Waals surface area contributed by atoms with E-state index in [1.807, 2.05) is 39.0 Å². The highest BCUT2D eigenvalue weighted by molar-refractivity contribution is 5.94. The van der Waals surface area contributed by atoms with Crippen LogP contribution in [0.15, 0.2) is 24.3 Å². The van der Waals surface area contributed by atoms with E-state index in [1.54, 1.807) is 0 Å². The molecule has 1 amide bonds. The number of carbonyl (C=O) groups excluding carboxylic acids is 1. The molecule has 1 saturated heterocycles. The fourth-order valence-electron chi connectivity index (χ4n) is 2.54. The maximum Gasteiger partial charge on any atom is 0.251 e. The van der Waals surface area contributed by atoms with E-state index in [0.29, 0.717) is 0 Å². The molecule has 1 aromatic carbocycles. The first-order valence-electron chi connectivity index (χ1n) is 7.78. The quantitative estimate of drug-likeness (QED) is 0.894. The van der Waals surface area contributed by atoms with Crippen molar-refractivity contribution in [1.82, 2.24) is 15.5 Å². The second kappa shape index (κ2) is 7.05. The summed E-state index contributed by atoms with van der Waals surface area (Å²) >= 11 is 0. The predicted octanol–water partition coefficient (Wildman–Crippen LogP) is 2.01. The van der Waals surface area contributed by atoms with Crippen LogP contribution in [0.2, 0.25) is 0 Å². The molecule has 0 spiro atoms. The Hall–Kier alpha value is -1.39. The van der Waals surface area contributed by atoms with Crippen LogP contribution in [0.4, 0.5) is 0 Å². The summed E-state index contributed by atoms with van der Waals surface area (Å²) in [5, 5.41) is 6.43. The van der Waals surface area contributed by atoms with Gasteiger partial charge in [0.1, 0.15) is 0 Å². The smallest absolute Gasteiger partial charge is 0.251 e. The molecule has 21 heavy (non-hydrogen) atoms. The van der Waals surface area contributed by atoms with E-state index in [9.17, 15) is 4.79 Å². The fraction of sp³-hybridized carbons (Fsp3) is 0.588. The SMILES string of the molecule is CC(C)(C)NC(=O)c1cccc(CN2CCCNCC2)c1. The molecule has 1 aliphatic heterocycles. The van der Waals surface area contributed by atoms with Gasteiger partial charge in [-0.3, -0.25) is 9.69 Å². The number of benzene rings is 1. The Morgan fingerprint density at radius 1 is 1.29 bits per heavy atom. The molecule has 1 aromatic rings. The van der Waals surface area contributed by atoms with Crippen LogP contribution < -0.4 is 10.6 Å². The number of nitrogens with one attached hydrogen (secondary N) is 2. The third-order valence-electron chi connectivity index (χ3n) is 3.52. The Morgan fingerprint density at radius 2 is 2.10 bits per heavy atom. The molecular weight excluding hydrogens is 262 g/mol. The minimum atomic E-state index is -0.205. The summed E-state index contributed by atoms with van der Waals surface area (Å²) in [4.78, 5) is 14.7. The molecule has 4 nitrogen and oxygen atoms in total. The summed E-state index contributed by atoms with van der Waals surface area (Å²) in [5.74, 6) is 0.00174. The van der Waals surface area contributed by atoms with Gasteiger partial charge >= 0.3 is 0 Å². The number of carbonyl (C=O) groups is 1. The topological polar surface area (TPSA) is 44.4 Å². The summed E-state index contributed by atoms with van der Waals surface area (Å²) in [5.41, 5.74) is 1.75. The zero-order valence-electron chi connectivity index (χ0n) is 13.4. The molecule has 0 aliphatic carbocycles. The van der Waals surface area contributed by atoms with Crippen LogP contribution >= 0.6 is 0 Å². The van der Waals surface area contributed by atoms with Gasteiger partial charge in [-0.2, -0.15) is 0 Å². The molecule has 0 unspecified atom stereocenters. The minimum Gasteiger partial charge on any atom is -0.347 e. The second-order valence-electron chi connectivity index (χ2n) is 6.78. The van der Waals surface area contributed by atoms with E-state index >= 15 is 0 Å². The molecule has 2 N–H and O–H groups in total. The standard InChI is InChI=1S/C17H27N3O/c1-17(2,3)19-16(21)15-7-4-6-14(12-15)13-20-10-5-8-18-9-11-20/h4,6-7,12,18H,5,8-11,13H2,1-3H3,(H,19,21). The van der Waals surface area contributed by atoms with Crippen molar-refractivity contribution < 1.29 is 4.79 Å². The lowest BCUT2D eigenvalue weighted by Crippen LogP contribution is -2.40. The zero-order chi connectivity index (χ0) is 15.3. The Balaban J connectivity index is 2.01. The number of amides is 1. The maximum absolute atomic E-state index is 12.2. The lowest BCUT2D eigenvalue weighted by Gasteiger charge is -2.22. The lowest BCUT2D eigenvalue weighted by atomic mass is 10.1. The van der Waals surface area contributed by atoms with Crippen LogP contribution in [-0.4, -0.2) is 42.5 Å². The van der Waals surface area contributed by atoms with Gasteiger partial charge in [-0.05, 0) is 58.0 Å². The van der Waals surface area contributed by atoms with Crippen LogP contribution in [0.1, 0.15) is 43.1 Å². The Kier molecular flexibility index (Phi) is 5.37. The molecular formula is C17H27N3O. The predicted molar refractivity (Wildman–Crippen MR) is 86.4 cm³/mol. The minimum absolute atomic E-state index is 0.00174. The van der Waals surface area contributed by atoms with Gasteiger partial charge in [0.25, 0.3) is 5.91 Å². The van der Waals surface area contributed by atoms with Gasteiger partial charge in [-0.1, -0.05) is 12.1 Å². The number of hydrogen-bond acceptors (Lipinski definition) is 3. The van der Waals surface area contributed by atoms with Crippen LogP contribution in [0.5, 0.6) is 0 Å². The van der Waals surface area contributed by atoms with Gasteiger partial charge in [-0.25, -0.2) is 0 Å². The molecule has 1 aliphatic rings. The van der Waals surface area contributed by atoms with Crippen molar-refractivity contribution in [2.45, 2.75) is 39.3 Å². The van der Waals surface area contributed by atoms with E-state index in [4.69, 9.17) is 0 Å². The van der Waals surface area contributed by atoms with Crippen molar-refractivity contribution in [2.24, 2.45) is 0 Å². The molecule has 0 radical (unpaired) electrons. The van der Waals surface area contributed by atoms with Crippen molar-refractivity contribution >= 4 is 5.91 Å². The number of hydrogen-bond donors (Lipinski definition) is 2. The van der Waals surface area contributed by atoms with Crippen LogP contribution in [0.3, 0.4) is 0 Å². The Labute approximate surface area is 127 Å². The summed E-state index contributed by atoms with van der Waals surface area (Å²) in [7, 11) is 0. The van der Waals surface area contributed by atoms with E-state index in [-0.39, 0.29) is 11.4 Å². The molecule has 1 heterocycles. The molecule has 0 aromatic heterocycles. The van der Waals surface area contributed by atoms with Crippen molar-refractivity contribution in [3.63, 3.8) is 0 Å². The normalized spacial score (nSPS) is 17.3. The molecule has 116 valence electrons. The fourth-order valence-corrected chi connectivity index (χ4v) is 2.54. The van der Waals surface area contributed by atoms with E-state index in [2.05, 4.69) is 21.6 Å². The molecule has 0 bridgehead atoms. The van der Waals surface area contributed by atoms with E-state index < -0.39 is 0 Å². The first-order chi connectivity index (χ1) is 9.94. The van der Waals surface area contributed by atoms with Gasteiger partial charge < -0.3 is 10.6 Å². The highest BCUT2D eigenvalue weighted by atomic mass is 16.1. The van der Waals surface area contributed by atoms with Gasteiger partial charge in [0.05, 0.1) is 0 Å². The van der Waals surface area contributed by atoms with E-state index in [0.717, 1.165) is 38.3 Å². The molecule has 4 heteroatoms. The van der Waals surface area contributed by atoms with Gasteiger partial charge in [-0.15, -0.1) is 0 Å². The van der Waals surface area contributed by atoms with Crippen molar-refractivity contribution in [3.05, 3.63) is 35.4 Å². The van der Waals surface area contributed by atoms with Crippen molar-refractivity contribution in [2.75, 3.05) is 26.2 Å². The third kappa shape index (κ3) is 5.48. The van der Waals surface area contributed by atoms with E-state index in [1.165, 1.54) is 12.0 Å². The first kappa shape index (κ1) is 16.0. The highest BCUT2D eigenvalue weighted by Crippen LogP contribution is 2.11. The zero-order valence-corrected chi connectivity index (χ0v) is 13.4. The monoisotopic (exact) mass is 289 g/mol. The Morgan fingerprint density at radius 3 is 2.86 bits per heavy atom. The van der Waals surface area contributed by atoms with Crippen LogP contribution in [0.25, 0.3) is 0 Å². The summed E-state index contributed by atoms with van der Waals surface area (Å²) in [6, 6.07) is 7.98. The summed E-state index contributed by atoms with van der Waals surface area (Å²) in [6.07, 6.45) is 1.18. The summed E-state index contributed by atoms with van der Waals surface area (Å²) < 4.78 is 0. The van der Waals surface area contributed by atoms with Crippen molar-refractivity contribution in [1.29, 1.82) is 0 Å². The van der Waals surface area contributed by atoms with Crippen molar-refractivity contribution in [3.8, 4) is 0 Å². The van der Waals surface area contributed by atoms with Crippen LogP contribution in [-0.2, 0) is 6.54 Å². The largest absolute Gasteiger partial charge is 0.347 e. The lowest BCUT2D eigenvalue weighted by molar-refractivity contribution is 0.0919. The molecule has 0 saturated carbocycles. The Bertz CT molecular complexity index is 471. The third-order valence-corrected chi connectivity index (χ3v) is 3.52. The summed E-state index contributed by atoms with van der Waals surface area (Å²) in [6.45, 7) is 11.2. The maximum atomic E-state index is 12.2. The number of rotatable bonds is 3. The molecule has 1 fully saturated rings. The second-order valence-corrected chi connectivity index (χ2v) is 6.78.